The molecule has 159 valence electrons. The lowest BCUT2D eigenvalue weighted by atomic mass is 10.1. The largest absolute Gasteiger partial charge is 0.494 e. The van der Waals surface area contributed by atoms with E-state index in [1.807, 2.05) is 24.3 Å². The second kappa shape index (κ2) is 13.2. The summed E-state index contributed by atoms with van der Waals surface area (Å²) in [6.07, 6.45) is 8.25. The summed E-state index contributed by atoms with van der Waals surface area (Å²) in [6, 6.07) is 13.8. The summed E-state index contributed by atoms with van der Waals surface area (Å²) in [7, 11) is 0. The van der Waals surface area contributed by atoms with Crippen LogP contribution >= 0.6 is 0 Å². The van der Waals surface area contributed by atoms with Crippen LogP contribution in [-0.4, -0.2) is 18.5 Å². The van der Waals surface area contributed by atoms with E-state index in [2.05, 4.69) is 13.8 Å². The lowest BCUT2D eigenvalue weighted by Gasteiger charge is -2.06. The fourth-order valence-electron chi connectivity index (χ4n) is 2.63. The molecule has 30 heavy (non-hydrogen) atoms. The summed E-state index contributed by atoms with van der Waals surface area (Å²) < 4.78 is 16.0. The number of carbonyl (C=O) groups excluding carboxylic acids is 2. The number of benzene rings is 2. The van der Waals surface area contributed by atoms with Crippen LogP contribution in [0.25, 0.3) is 6.08 Å². The number of unbranched alkanes of at least 4 members (excludes halogenated alkanes) is 3. The van der Waals surface area contributed by atoms with Gasteiger partial charge in [0.25, 0.3) is 0 Å². The van der Waals surface area contributed by atoms with Gasteiger partial charge in [0.1, 0.15) is 17.2 Å². The van der Waals surface area contributed by atoms with E-state index in [0.717, 1.165) is 37.0 Å². The Morgan fingerprint density at radius 1 is 0.867 bits per heavy atom. The van der Waals surface area contributed by atoms with Crippen molar-refractivity contribution < 1.29 is 23.8 Å². The molecular weight excluding hydrogens is 380 g/mol. The van der Waals surface area contributed by atoms with E-state index in [9.17, 15) is 9.59 Å². The van der Waals surface area contributed by atoms with Gasteiger partial charge < -0.3 is 14.2 Å². The Bertz CT molecular complexity index is 806. The molecular formula is C25H29O5. The minimum Gasteiger partial charge on any atom is -0.494 e. The Kier molecular flexibility index (Phi) is 10.2. The highest BCUT2D eigenvalue weighted by atomic mass is 16.5. The number of hydrogen-bond donors (Lipinski definition) is 0. The fourth-order valence-corrected chi connectivity index (χ4v) is 2.63. The second-order valence-corrected chi connectivity index (χ2v) is 6.78. The van der Waals surface area contributed by atoms with Crippen molar-refractivity contribution in [1.82, 2.24) is 0 Å². The van der Waals surface area contributed by atoms with Crippen molar-refractivity contribution in [2.75, 3.05) is 6.61 Å². The maximum absolute atomic E-state index is 12.0. The molecule has 5 nitrogen and oxygen atoms in total. The molecule has 2 aromatic carbocycles. The molecule has 0 unspecified atom stereocenters. The molecule has 0 saturated carbocycles. The molecule has 0 aliphatic carbocycles. The summed E-state index contributed by atoms with van der Waals surface area (Å²) in [5, 5.41) is 0. The fraction of sp³-hybridized carbons (Fsp3) is 0.320. The van der Waals surface area contributed by atoms with Crippen molar-refractivity contribution in [3.63, 3.8) is 0 Å². The highest BCUT2D eigenvalue weighted by Gasteiger charge is 2.06. The van der Waals surface area contributed by atoms with Crippen LogP contribution in [0.15, 0.2) is 54.6 Å². The van der Waals surface area contributed by atoms with Crippen molar-refractivity contribution in [2.24, 2.45) is 0 Å². The van der Waals surface area contributed by atoms with Crippen molar-refractivity contribution in [3.8, 4) is 17.2 Å². The van der Waals surface area contributed by atoms with Gasteiger partial charge in [-0.25, -0.2) is 4.79 Å². The van der Waals surface area contributed by atoms with Crippen LogP contribution in [0.4, 0.5) is 0 Å². The van der Waals surface area contributed by atoms with E-state index >= 15 is 0 Å². The highest BCUT2D eigenvalue weighted by molar-refractivity contribution is 5.88. The highest BCUT2D eigenvalue weighted by Crippen LogP contribution is 2.19. The number of hydrogen-bond acceptors (Lipinski definition) is 5. The van der Waals surface area contributed by atoms with Crippen molar-refractivity contribution in [2.45, 2.75) is 45.4 Å². The smallest absolute Gasteiger partial charge is 0.336 e. The Morgan fingerprint density at radius 3 is 2.13 bits per heavy atom. The average molecular weight is 410 g/mol. The summed E-state index contributed by atoms with van der Waals surface area (Å²) in [5.74, 6) is 0.839. The lowest BCUT2D eigenvalue weighted by Crippen LogP contribution is -2.07. The van der Waals surface area contributed by atoms with Gasteiger partial charge in [-0.05, 0) is 67.8 Å². The van der Waals surface area contributed by atoms with E-state index in [-0.39, 0.29) is 5.97 Å². The van der Waals surface area contributed by atoms with Crippen LogP contribution in [-0.2, 0) is 9.59 Å². The van der Waals surface area contributed by atoms with E-state index in [0.29, 0.717) is 30.9 Å². The number of carbonyl (C=O) groups is 2. The van der Waals surface area contributed by atoms with Crippen LogP contribution in [0.2, 0.25) is 0 Å². The summed E-state index contributed by atoms with van der Waals surface area (Å²) in [5.41, 5.74) is 0.857. The average Bonchev–Trinajstić information content (AvgIpc) is 2.76. The molecule has 0 atom stereocenters. The quantitative estimate of drug-likeness (QED) is 0.192. The maximum Gasteiger partial charge on any atom is 0.336 e. The van der Waals surface area contributed by atoms with Gasteiger partial charge >= 0.3 is 11.9 Å². The van der Waals surface area contributed by atoms with Gasteiger partial charge in [-0.15, -0.1) is 0 Å². The Hall–Kier alpha value is -3.08. The zero-order valence-corrected chi connectivity index (χ0v) is 17.5. The third kappa shape index (κ3) is 8.95. The molecule has 0 aromatic heterocycles. The number of ether oxygens (including phenoxy) is 3. The third-order valence-electron chi connectivity index (χ3n) is 4.21. The molecule has 0 N–H and O–H groups in total. The molecule has 2 rings (SSSR count). The minimum absolute atomic E-state index is 0.249. The van der Waals surface area contributed by atoms with Crippen LogP contribution in [0.3, 0.4) is 0 Å². The van der Waals surface area contributed by atoms with E-state index in [1.54, 1.807) is 30.3 Å². The monoisotopic (exact) mass is 409 g/mol. The molecule has 0 heterocycles. The maximum atomic E-state index is 12.0. The van der Waals surface area contributed by atoms with Crippen LogP contribution in [0, 0.1) is 6.92 Å². The second-order valence-electron chi connectivity index (χ2n) is 6.78. The van der Waals surface area contributed by atoms with Crippen LogP contribution in [0.5, 0.6) is 17.2 Å². The standard InChI is InChI=1S/C25H29O5/c1-3-5-6-7-8-24(26)29-22-14-16-23(17-15-22)30-25(27)18-11-20-9-12-21(13-10-20)28-19-4-2/h9-18H,2-8,19H2,1H3/b18-11+. The zero-order valence-electron chi connectivity index (χ0n) is 17.5. The first kappa shape index (κ1) is 23.2. The third-order valence-corrected chi connectivity index (χ3v) is 4.21. The van der Waals surface area contributed by atoms with E-state index in [1.165, 1.54) is 6.08 Å². The molecule has 0 amide bonds. The summed E-state index contributed by atoms with van der Waals surface area (Å²) >= 11 is 0. The van der Waals surface area contributed by atoms with Crippen molar-refractivity contribution in [1.29, 1.82) is 0 Å². The van der Waals surface area contributed by atoms with Gasteiger partial charge in [-0.2, -0.15) is 0 Å². The molecule has 1 radical (unpaired) electrons. The van der Waals surface area contributed by atoms with Crippen LogP contribution in [0.1, 0.15) is 51.0 Å². The van der Waals surface area contributed by atoms with Gasteiger partial charge in [-0.3, -0.25) is 4.79 Å². The van der Waals surface area contributed by atoms with Crippen LogP contribution < -0.4 is 14.2 Å². The molecule has 0 aliphatic rings. The Morgan fingerprint density at radius 2 is 1.50 bits per heavy atom. The first-order chi connectivity index (χ1) is 14.6. The topological polar surface area (TPSA) is 61.8 Å². The van der Waals surface area contributed by atoms with Crippen molar-refractivity contribution in [3.05, 3.63) is 67.1 Å². The van der Waals surface area contributed by atoms with Gasteiger partial charge in [0, 0.05) is 12.5 Å². The first-order valence-electron chi connectivity index (χ1n) is 10.3. The molecule has 0 bridgehead atoms. The molecule has 0 fully saturated rings. The zero-order chi connectivity index (χ0) is 21.6. The minimum atomic E-state index is -0.493. The van der Waals surface area contributed by atoms with Gasteiger partial charge in [-0.1, -0.05) is 38.3 Å². The lowest BCUT2D eigenvalue weighted by molar-refractivity contribution is -0.134. The first-order valence-corrected chi connectivity index (χ1v) is 10.3. The predicted molar refractivity (Wildman–Crippen MR) is 117 cm³/mol. The van der Waals surface area contributed by atoms with Gasteiger partial charge in [0.05, 0.1) is 6.61 Å². The van der Waals surface area contributed by atoms with Crippen molar-refractivity contribution >= 4 is 18.0 Å². The molecule has 0 saturated heterocycles. The Balaban J connectivity index is 1.78. The molecule has 5 heteroatoms. The molecule has 2 aromatic rings. The predicted octanol–water partition coefficient (Wildman–Crippen LogP) is 5.78. The normalized spacial score (nSPS) is 10.7. The van der Waals surface area contributed by atoms with E-state index in [4.69, 9.17) is 14.2 Å². The molecule has 0 spiro atoms. The van der Waals surface area contributed by atoms with Gasteiger partial charge in [0.2, 0.25) is 0 Å². The summed E-state index contributed by atoms with van der Waals surface area (Å²) in [4.78, 5) is 23.8. The Labute approximate surface area is 178 Å². The van der Waals surface area contributed by atoms with E-state index < -0.39 is 5.97 Å². The number of esters is 2. The number of rotatable bonds is 12. The molecule has 0 aliphatic heterocycles. The SMILES string of the molecule is [CH2]CCOc1ccc(/C=C/C(=O)Oc2ccc(OC(=O)CCCCCC)cc2)cc1. The van der Waals surface area contributed by atoms with Gasteiger partial charge in [0.15, 0.2) is 0 Å². The summed E-state index contributed by atoms with van der Waals surface area (Å²) in [6.45, 7) is 6.42.